The molecule has 1 unspecified atom stereocenters. The first-order valence-corrected chi connectivity index (χ1v) is 9.99. The van der Waals surface area contributed by atoms with Crippen LogP contribution in [0.5, 0.6) is 11.5 Å². The molecule has 0 aromatic heterocycles. The van der Waals surface area contributed by atoms with Crippen LogP contribution in [0.15, 0.2) is 42.5 Å². The minimum atomic E-state index is -0.750. The molecule has 8 heteroatoms. The molecule has 1 heterocycles. The normalized spacial score (nSPS) is 15.6. The molecule has 1 aliphatic rings. The Labute approximate surface area is 175 Å². The van der Waals surface area contributed by atoms with Crippen molar-refractivity contribution in [3.63, 3.8) is 0 Å². The summed E-state index contributed by atoms with van der Waals surface area (Å²) in [4.78, 5) is 15.4. The summed E-state index contributed by atoms with van der Waals surface area (Å²) in [6.07, 6.45) is -1.06. The van der Waals surface area contributed by atoms with E-state index in [4.69, 9.17) is 9.47 Å². The van der Waals surface area contributed by atoms with Gasteiger partial charge in [0.25, 0.3) is 0 Å². The van der Waals surface area contributed by atoms with Crippen LogP contribution in [0.4, 0.5) is 9.18 Å². The second-order valence-electron chi connectivity index (χ2n) is 7.17. The highest BCUT2D eigenvalue weighted by Crippen LogP contribution is 2.27. The van der Waals surface area contributed by atoms with Crippen LogP contribution in [0, 0.1) is 5.82 Å². The molecule has 2 aromatic carbocycles. The largest absolute Gasteiger partial charge is 0.508 e. The molecule has 0 saturated carbocycles. The van der Waals surface area contributed by atoms with E-state index in [2.05, 4.69) is 4.90 Å². The fourth-order valence-corrected chi connectivity index (χ4v) is 3.34. The third-order valence-corrected chi connectivity index (χ3v) is 4.88. The molecule has 162 valence electrons. The van der Waals surface area contributed by atoms with Crippen molar-refractivity contribution in [3.05, 3.63) is 48.3 Å². The van der Waals surface area contributed by atoms with Gasteiger partial charge in [-0.3, -0.25) is 4.90 Å². The van der Waals surface area contributed by atoms with Gasteiger partial charge in [0.1, 0.15) is 30.0 Å². The van der Waals surface area contributed by atoms with Crippen molar-refractivity contribution in [1.82, 2.24) is 9.80 Å². The molecule has 1 fully saturated rings. The molecule has 2 N–H and O–H groups in total. The van der Waals surface area contributed by atoms with Crippen molar-refractivity contribution in [2.24, 2.45) is 0 Å². The van der Waals surface area contributed by atoms with Gasteiger partial charge in [-0.15, -0.1) is 0 Å². The zero-order valence-electron chi connectivity index (χ0n) is 17.0. The monoisotopic (exact) mass is 418 g/mol. The van der Waals surface area contributed by atoms with Gasteiger partial charge in [0, 0.05) is 38.8 Å². The molecule has 0 spiro atoms. The second-order valence-corrected chi connectivity index (χ2v) is 7.17. The maximum absolute atomic E-state index is 14.0. The van der Waals surface area contributed by atoms with E-state index >= 15 is 0 Å². The Morgan fingerprint density at radius 1 is 1.10 bits per heavy atom. The summed E-state index contributed by atoms with van der Waals surface area (Å²) in [5.74, 6) is 0.0160. The third kappa shape index (κ3) is 6.08. The van der Waals surface area contributed by atoms with Crippen LogP contribution in [0.25, 0.3) is 11.1 Å². The minimum absolute atomic E-state index is 0.0244. The van der Waals surface area contributed by atoms with E-state index in [0.29, 0.717) is 50.6 Å². The van der Waals surface area contributed by atoms with Gasteiger partial charge in [-0.2, -0.15) is 0 Å². The Balaban J connectivity index is 1.50. The summed E-state index contributed by atoms with van der Waals surface area (Å²) in [6, 6.07) is 10.8. The van der Waals surface area contributed by atoms with Gasteiger partial charge in [0.15, 0.2) is 0 Å². The average Bonchev–Trinajstić information content (AvgIpc) is 2.73. The molecular weight excluding hydrogens is 391 g/mol. The Bertz CT molecular complexity index is 838. The third-order valence-electron chi connectivity index (χ3n) is 4.88. The van der Waals surface area contributed by atoms with E-state index in [1.54, 1.807) is 30.0 Å². The van der Waals surface area contributed by atoms with Gasteiger partial charge in [0.2, 0.25) is 0 Å². The summed E-state index contributed by atoms with van der Waals surface area (Å²) >= 11 is 0. The molecule has 0 bridgehead atoms. The molecule has 0 aliphatic carbocycles. The van der Waals surface area contributed by atoms with Crippen molar-refractivity contribution < 1.29 is 28.9 Å². The van der Waals surface area contributed by atoms with Crippen LogP contribution in [0.1, 0.15) is 6.92 Å². The molecule has 0 radical (unpaired) electrons. The molecule has 3 rings (SSSR count). The predicted molar refractivity (Wildman–Crippen MR) is 110 cm³/mol. The lowest BCUT2D eigenvalue weighted by Gasteiger charge is -2.34. The van der Waals surface area contributed by atoms with Crippen molar-refractivity contribution in [2.45, 2.75) is 13.0 Å². The van der Waals surface area contributed by atoms with Crippen molar-refractivity contribution in [1.29, 1.82) is 0 Å². The molecular formula is C22H27FN2O5. The first-order valence-electron chi connectivity index (χ1n) is 9.99. The lowest BCUT2D eigenvalue weighted by Crippen LogP contribution is -2.51. The van der Waals surface area contributed by atoms with Crippen molar-refractivity contribution >= 4 is 6.09 Å². The highest BCUT2D eigenvalue weighted by atomic mass is 19.1. The number of phenolic OH excluding ortho intramolecular Hbond substituents is 1. The van der Waals surface area contributed by atoms with Crippen LogP contribution < -0.4 is 4.74 Å². The van der Waals surface area contributed by atoms with Crippen LogP contribution in [-0.2, 0) is 4.74 Å². The summed E-state index contributed by atoms with van der Waals surface area (Å²) in [5, 5.41) is 19.7. The number of halogens is 1. The summed E-state index contributed by atoms with van der Waals surface area (Å²) < 4.78 is 24.6. The topological polar surface area (TPSA) is 82.5 Å². The SMILES string of the molecule is CCOC(=O)N1CCN(CC(O)COc2cc(F)cc(-c3ccc(O)cc3)c2)CC1. The van der Waals surface area contributed by atoms with Gasteiger partial charge >= 0.3 is 6.09 Å². The number of rotatable bonds is 7. The van der Waals surface area contributed by atoms with Crippen molar-refractivity contribution in [2.75, 3.05) is 45.9 Å². The van der Waals surface area contributed by atoms with Crippen LogP contribution in [-0.4, -0.2) is 78.1 Å². The van der Waals surface area contributed by atoms with Gasteiger partial charge in [-0.05, 0) is 42.3 Å². The summed E-state index contributed by atoms with van der Waals surface area (Å²) in [7, 11) is 0. The highest BCUT2D eigenvalue weighted by molar-refractivity contribution is 5.67. The fraction of sp³-hybridized carbons (Fsp3) is 0.409. The number of phenols is 1. The number of aliphatic hydroxyl groups is 1. The zero-order chi connectivity index (χ0) is 21.5. The number of carbonyl (C=O) groups excluding carboxylic acids is 1. The van der Waals surface area contributed by atoms with Gasteiger partial charge in [0.05, 0.1) is 6.61 Å². The number of hydrogen-bond acceptors (Lipinski definition) is 6. The Morgan fingerprint density at radius 3 is 2.47 bits per heavy atom. The lowest BCUT2D eigenvalue weighted by atomic mass is 10.1. The predicted octanol–water partition coefficient (Wildman–Crippen LogP) is 2.71. The smallest absolute Gasteiger partial charge is 0.409 e. The first kappa shape index (κ1) is 21.9. The van der Waals surface area contributed by atoms with Gasteiger partial charge in [-0.25, -0.2) is 9.18 Å². The molecule has 1 saturated heterocycles. The highest BCUT2D eigenvalue weighted by Gasteiger charge is 2.23. The standard InChI is InChI=1S/C22H27FN2O5/c1-2-29-22(28)25-9-7-24(8-10-25)14-20(27)15-30-21-12-17(11-18(23)13-21)16-3-5-19(26)6-4-16/h3-6,11-13,20,26-27H,2,7-10,14-15H2,1H3. The number of piperazine rings is 1. The van der Waals surface area contributed by atoms with Gasteiger partial charge in [-0.1, -0.05) is 12.1 Å². The van der Waals surface area contributed by atoms with Crippen LogP contribution in [0.2, 0.25) is 0 Å². The molecule has 2 aromatic rings. The number of ether oxygens (including phenoxy) is 2. The molecule has 30 heavy (non-hydrogen) atoms. The summed E-state index contributed by atoms with van der Waals surface area (Å²) in [5.41, 5.74) is 1.37. The maximum atomic E-state index is 14.0. The second kappa shape index (κ2) is 10.3. The minimum Gasteiger partial charge on any atom is -0.508 e. The number of hydrogen-bond donors (Lipinski definition) is 2. The number of aromatic hydroxyl groups is 1. The molecule has 1 amide bonds. The van der Waals surface area contributed by atoms with Crippen molar-refractivity contribution in [3.8, 4) is 22.6 Å². The summed E-state index contributed by atoms with van der Waals surface area (Å²) in [6.45, 7) is 4.92. The van der Waals surface area contributed by atoms with Gasteiger partial charge < -0.3 is 24.6 Å². The average molecular weight is 418 g/mol. The van der Waals surface area contributed by atoms with Crippen LogP contribution in [0.3, 0.4) is 0 Å². The Hall–Kier alpha value is -2.84. The first-order chi connectivity index (χ1) is 14.4. The fourth-order valence-electron chi connectivity index (χ4n) is 3.34. The van der Waals surface area contributed by atoms with E-state index in [1.165, 1.54) is 24.3 Å². The van der Waals surface area contributed by atoms with Crippen LogP contribution >= 0.6 is 0 Å². The maximum Gasteiger partial charge on any atom is 0.409 e. The lowest BCUT2D eigenvalue weighted by molar-refractivity contribution is 0.0407. The molecule has 1 aliphatic heterocycles. The Morgan fingerprint density at radius 2 is 1.80 bits per heavy atom. The van der Waals surface area contributed by atoms with E-state index in [9.17, 15) is 19.4 Å². The quantitative estimate of drug-likeness (QED) is 0.720. The van der Waals surface area contributed by atoms with E-state index in [0.717, 1.165) is 5.56 Å². The number of β-amino-alcohol motifs (C(OH)–C–C–N with tert-alkyl or cyclic N) is 1. The number of amides is 1. The number of aliphatic hydroxyl groups excluding tert-OH is 1. The number of nitrogens with zero attached hydrogens (tertiary/aromatic N) is 2. The van der Waals surface area contributed by atoms with E-state index in [1.807, 2.05) is 0 Å². The number of carbonyl (C=O) groups is 1. The van der Waals surface area contributed by atoms with E-state index < -0.39 is 11.9 Å². The molecule has 1 atom stereocenters. The number of benzene rings is 2. The Kier molecular flexibility index (Phi) is 7.48. The molecule has 7 nitrogen and oxygen atoms in total. The van der Waals surface area contributed by atoms with E-state index in [-0.39, 0.29) is 18.4 Å². The zero-order valence-corrected chi connectivity index (χ0v) is 17.0.